The van der Waals surface area contributed by atoms with Crippen LogP contribution in [0.4, 0.5) is 5.95 Å². The maximum Gasteiger partial charge on any atom is 0.342 e. The number of carbonyl (C=O) groups excluding carboxylic acids is 1. The lowest BCUT2D eigenvalue weighted by Crippen LogP contribution is -2.13. The number of benzene rings is 2. The number of hydrogen-bond acceptors (Lipinski definition) is 6. The van der Waals surface area contributed by atoms with Gasteiger partial charge in [0.2, 0.25) is 5.95 Å². The molecule has 0 amide bonds. The molecule has 0 atom stereocenters. The topological polar surface area (TPSA) is 87.3 Å². The average Bonchev–Trinajstić information content (AvgIpc) is 2.69. The molecule has 0 bridgehead atoms. The maximum atomic E-state index is 12.3. The zero-order valence-corrected chi connectivity index (χ0v) is 16.0. The Morgan fingerprint density at radius 3 is 2.43 bits per heavy atom. The monoisotopic (exact) mass is 377 g/mol. The van der Waals surface area contributed by atoms with E-state index in [0.29, 0.717) is 23.6 Å². The predicted molar refractivity (Wildman–Crippen MR) is 108 cm³/mol. The number of aromatic nitrogens is 2. The van der Waals surface area contributed by atoms with Gasteiger partial charge in [0.25, 0.3) is 0 Å². The molecule has 144 valence electrons. The normalized spacial score (nSPS) is 10.5. The Morgan fingerprint density at radius 1 is 1.04 bits per heavy atom. The van der Waals surface area contributed by atoms with Crippen LogP contribution >= 0.6 is 0 Å². The van der Waals surface area contributed by atoms with Gasteiger partial charge in [-0.1, -0.05) is 30.3 Å². The molecule has 0 saturated heterocycles. The molecule has 3 rings (SSSR count). The van der Waals surface area contributed by atoms with Gasteiger partial charge in [-0.25, -0.2) is 14.8 Å². The number of nitrogens with two attached hydrogens (primary N) is 1. The highest BCUT2D eigenvalue weighted by Crippen LogP contribution is 2.27. The fraction of sp³-hybridized carbons (Fsp3) is 0.227. The van der Waals surface area contributed by atoms with Gasteiger partial charge in [-0.05, 0) is 43.7 Å². The second-order valence-corrected chi connectivity index (χ2v) is 6.22. The lowest BCUT2D eigenvalue weighted by atomic mass is 10.0. The van der Waals surface area contributed by atoms with Gasteiger partial charge >= 0.3 is 5.97 Å². The Balaban J connectivity index is 1.76. The SMILES string of the molecule is CCOC(=O)c1c(C)nc(N)nc1-c1ccc(OCCc2ccccc2)cc1. The van der Waals surface area contributed by atoms with Crippen molar-refractivity contribution in [2.45, 2.75) is 20.3 Å². The molecule has 0 spiro atoms. The number of anilines is 1. The van der Waals surface area contributed by atoms with Gasteiger partial charge in [-0.2, -0.15) is 0 Å². The molecule has 0 aliphatic rings. The van der Waals surface area contributed by atoms with E-state index in [1.807, 2.05) is 42.5 Å². The summed E-state index contributed by atoms with van der Waals surface area (Å²) in [5, 5.41) is 0. The molecule has 0 unspecified atom stereocenters. The lowest BCUT2D eigenvalue weighted by Gasteiger charge is -2.12. The largest absolute Gasteiger partial charge is 0.493 e. The Labute approximate surface area is 164 Å². The van der Waals surface area contributed by atoms with Crippen LogP contribution in [0.3, 0.4) is 0 Å². The van der Waals surface area contributed by atoms with Gasteiger partial charge in [-0.3, -0.25) is 0 Å². The molecule has 0 saturated carbocycles. The van der Waals surface area contributed by atoms with E-state index in [2.05, 4.69) is 22.1 Å². The van der Waals surface area contributed by atoms with Crippen LogP contribution in [0.2, 0.25) is 0 Å². The van der Waals surface area contributed by atoms with Crippen molar-refractivity contribution in [1.82, 2.24) is 9.97 Å². The first-order valence-corrected chi connectivity index (χ1v) is 9.17. The molecule has 1 aromatic heterocycles. The van der Waals surface area contributed by atoms with Crippen LogP contribution in [0, 0.1) is 6.92 Å². The van der Waals surface area contributed by atoms with Gasteiger partial charge in [0.15, 0.2) is 0 Å². The van der Waals surface area contributed by atoms with Crippen LogP contribution in [0.25, 0.3) is 11.3 Å². The van der Waals surface area contributed by atoms with E-state index in [4.69, 9.17) is 15.2 Å². The Morgan fingerprint density at radius 2 is 1.75 bits per heavy atom. The quantitative estimate of drug-likeness (QED) is 0.630. The van der Waals surface area contributed by atoms with E-state index in [0.717, 1.165) is 17.7 Å². The van der Waals surface area contributed by atoms with E-state index < -0.39 is 5.97 Å². The molecule has 3 aromatic rings. The zero-order valence-electron chi connectivity index (χ0n) is 16.0. The van der Waals surface area contributed by atoms with Crippen molar-refractivity contribution in [3.8, 4) is 17.0 Å². The van der Waals surface area contributed by atoms with Crippen LogP contribution in [-0.2, 0) is 11.2 Å². The molecule has 6 heteroatoms. The number of ether oxygens (including phenoxy) is 2. The smallest absolute Gasteiger partial charge is 0.342 e. The van der Waals surface area contributed by atoms with Crippen LogP contribution in [0.1, 0.15) is 28.5 Å². The molecule has 0 fully saturated rings. The molecule has 2 N–H and O–H groups in total. The molecule has 0 aliphatic heterocycles. The standard InChI is InChI=1S/C22H23N3O3/c1-3-27-21(26)19-15(2)24-22(23)25-20(19)17-9-11-18(12-10-17)28-14-13-16-7-5-4-6-8-16/h4-12H,3,13-14H2,1-2H3,(H2,23,24,25). The summed E-state index contributed by atoms with van der Waals surface area (Å²) in [6.07, 6.45) is 0.831. The fourth-order valence-electron chi connectivity index (χ4n) is 2.89. The summed E-state index contributed by atoms with van der Waals surface area (Å²) < 4.78 is 11.0. The van der Waals surface area contributed by atoms with Crippen LogP contribution in [0.5, 0.6) is 5.75 Å². The zero-order chi connectivity index (χ0) is 19.9. The van der Waals surface area contributed by atoms with Crippen molar-refractivity contribution in [2.24, 2.45) is 0 Å². The van der Waals surface area contributed by atoms with Gasteiger partial charge in [0.1, 0.15) is 11.3 Å². The first-order valence-electron chi connectivity index (χ1n) is 9.17. The molecular weight excluding hydrogens is 354 g/mol. The van der Waals surface area contributed by atoms with E-state index in [-0.39, 0.29) is 12.6 Å². The predicted octanol–water partition coefficient (Wildman–Crippen LogP) is 3.83. The minimum Gasteiger partial charge on any atom is -0.493 e. The average molecular weight is 377 g/mol. The number of nitrogens with zero attached hydrogens (tertiary/aromatic N) is 2. The minimum absolute atomic E-state index is 0.115. The van der Waals surface area contributed by atoms with Gasteiger partial charge < -0.3 is 15.2 Å². The summed E-state index contributed by atoms with van der Waals surface area (Å²) in [5.41, 5.74) is 9.04. The summed E-state index contributed by atoms with van der Waals surface area (Å²) >= 11 is 0. The van der Waals surface area contributed by atoms with Crippen molar-refractivity contribution in [3.63, 3.8) is 0 Å². The molecule has 0 aliphatic carbocycles. The van der Waals surface area contributed by atoms with Crippen molar-refractivity contribution in [1.29, 1.82) is 0 Å². The van der Waals surface area contributed by atoms with E-state index in [1.165, 1.54) is 5.56 Å². The number of rotatable bonds is 7. The molecular formula is C22H23N3O3. The number of aryl methyl sites for hydroxylation is 1. The number of hydrogen-bond donors (Lipinski definition) is 1. The van der Waals surface area contributed by atoms with Gasteiger partial charge in [-0.15, -0.1) is 0 Å². The molecule has 6 nitrogen and oxygen atoms in total. The van der Waals surface area contributed by atoms with E-state index in [9.17, 15) is 4.79 Å². The highest BCUT2D eigenvalue weighted by Gasteiger charge is 2.20. The fourth-order valence-corrected chi connectivity index (χ4v) is 2.89. The number of nitrogen functional groups attached to an aromatic ring is 1. The van der Waals surface area contributed by atoms with Crippen LogP contribution in [-0.4, -0.2) is 29.2 Å². The Hall–Kier alpha value is -3.41. The Bertz CT molecular complexity index is 941. The highest BCUT2D eigenvalue weighted by molar-refractivity contribution is 5.97. The van der Waals surface area contributed by atoms with Gasteiger partial charge in [0.05, 0.1) is 24.6 Å². The van der Waals surface area contributed by atoms with E-state index >= 15 is 0 Å². The van der Waals surface area contributed by atoms with Crippen LogP contribution in [0.15, 0.2) is 54.6 Å². The minimum atomic E-state index is -0.460. The van der Waals surface area contributed by atoms with Crippen molar-refractivity contribution in [2.75, 3.05) is 18.9 Å². The summed E-state index contributed by atoms with van der Waals surface area (Å²) in [5.74, 6) is 0.401. The number of carbonyl (C=O) groups is 1. The maximum absolute atomic E-state index is 12.3. The third-order valence-electron chi connectivity index (χ3n) is 4.22. The summed E-state index contributed by atoms with van der Waals surface area (Å²) in [6, 6.07) is 17.6. The van der Waals surface area contributed by atoms with Crippen LogP contribution < -0.4 is 10.5 Å². The second kappa shape index (κ2) is 8.99. The number of esters is 1. The summed E-state index contributed by atoms with van der Waals surface area (Å²) in [6.45, 7) is 4.33. The first-order chi connectivity index (χ1) is 13.6. The van der Waals surface area contributed by atoms with E-state index in [1.54, 1.807) is 13.8 Å². The molecule has 28 heavy (non-hydrogen) atoms. The molecule has 0 radical (unpaired) electrons. The summed E-state index contributed by atoms with van der Waals surface area (Å²) in [7, 11) is 0. The van der Waals surface area contributed by atoms with Crippen molar-refractivity contribution in [3.05, 3.63) is 71.4 Å². The Kier molecular flexibility index (Phi) is 6.22. The van der Waals surface area contributed by atoms with Gasteiger partial charge in [0, 0.05) is 12.0 Å². The molecule has 1 heterocycles. The first kappa shape index (κ1) is 19.4. The van der Waals surface area contributed by atoms with Crippen molar-refractivity contribution >= 4 is 11.9 Å². The van der Waals surface area contributed by atoms with Crippen molar-refractivity contribution < 1.29 is 14.3 Å². The second-order valence-electron chi connectivity index (χ2n) is 6.22. The third kappa shape index (κ3) is 4.65. The third-order valence-corrected chi connectivity index (χ3v) is 4.22. The summed E-state index contributed by atoms with van der Waals surface area (Å²) in [4.78, 5) is 20.7. The lowest BCUT2D eigenvalue weighted by molar-refractivity contribution is 0.0525. The highest BCUT2D eigenvalue weighted by atomic mass is 16.5. The molecule has 2 aromatic carbocycles.